The standard InChI is InChI=1S/C16H23NO3/c1-3-12-6-8-13(9-7-12)15(16(18)19-2)17-11-14-5-4-10-20-14/h6-9,14-15,17H,3-5,10-11H2,1-2H3. The van der Waals surface area contributed by atoms with Crippen LogP contribution in [0.5, 0.6) is 0 Å². The number of benzene rings is 1. The van der Waals surface area contributed by atoms with Gasteiger partial charge < -0.3 is 9.47 Å². The number of hydrogen-bond donors (Lipinski definition) is 1. The summed E-state index contributed by atoms with van der Waals surface area (Å²) in [6.07, 6.45) is 3.35. The highest BCUT2D eigenvalue weighted by molar-refractivity contribution is 5.77. The lowest BCUT2D eigenvalue weighted by molar-refractivity contribution is -0.143. The van der Waals surface area contributed by atoms with E-state index in [1.165, 1.54) is 12.7 Å². The zero-order valence-electron chi connectivity index (χ0n) is 12.2. The van der Waals surface area contributed by atoms with E-state index in [0.717, 1.165) is 31.4 Å². The van der Waals surface area contributed by atoms with Crippen molar-refractivity contribution in [3.8, 4) is 0 Å². The molecule has 0 amide bonds. The molecule has 1 aliphatic rings. The SMILES string of the molecule is CCc1ccc(C(NCC2CCCO2)C(=O)OC)cc1. The van der Waals surface area contributed by atoms with Crippen molar-refractivity contribution in [2.24, 2.45) is 0 Å². The molecule has 2 rings (SSSR count). The van der Waals surface area contributed by atoms with Crippen molar-refractivity contribution < 1.29 is 14.3 Å². The van der Waals surface area contributed by atoms with E-state index in [1.807, 2.05) is 12.1 Å². The van der Waals surface area contributed by atoms with Crippen LogP contribution < -0.4 is 5.32 Å². The molecule has 0 aliphatic carbocycles. The summed E-state index contributed by atoms with van der Waals surface area (Å²) in [5, 5.41) is 3.27. The first-order valence-electron chi connectivity index (χ1n) is 7.26. The third-order valence-corrected chi connectivity index (χ3v) is 3.73. The molecule has 1 saturated heterocycles. The molecule has 0 bridgehead atoms. The molecule has 1 fully saturated rings. The third kappa shape index (κ3) is 3.81. The van der Waals surface area contributed by atoms with Crippen LogP contribution in [0.25, 0.3) is 0 Å². The molecule has 1 heterocycles. The van der Waals surface area contributed by atoms with Gasteiger partial charge in [0.05, 0.1) is 13.2 Å². The van der Waals surface area contributed by atoms with E-state index in [-0.39, 0.29) is 12.1 Å². The number of esters is 1. The summed E-state index contributed by atoms with van der Waals surface area (Å²) in [5.74, 6) is -0.257. The first kappa shape index (κ1) is 15.0. The lowest BCUT2D eigenvalue weighted by Crippen LogP contribution is -2.35. The molecule has 0 spiro atoms. The lowest BCUT2D eigenvalue weighted by atomic mass is 10.0. The maximum Gasteiger partial charge on any atom is 0.327 e. The van der Waals surface area contributed by atoms with Crippen molar-refractivity contribution in [2.75, 3.05) is 20.3 Å². The number of rotatable bonds is 6. The largest absolute Gasteiger partial charge is 0.468 e. The molecular weight excluding hydrogens is 254 g/mol. The highest BCUT2D eigenvalue weighted by atomic mass is 16.5. The Morgan fingerprint density at radius 1 is 1.45 bits per heavy atom. The molecule has 2 atom stereocenters. The molecule has 4 heteroatoms. The van der Waals surface area contributed by atoms with Crippen molar-refractivity contribution in [2.45, 2.75) is 38.3 Å². The highest BCUT2D eigenvalue weighted by Crippen LogP contribution is 2.18. The molecule has 0 aromatic heterocycles. The van der Waals surface area contributed by atoms with Gasteiger partial charge >= 0.3 is 5.97 Å². The van der Waals surface area contributed by atoms with Crippen LogP contribution in [0.4, 0.5) is 0 Å². The number of carbonyl (C=O) groups excluding carboxylic acids is 1. The van der Waals surface area contributed by atoms with E-state index in [1.54, 1.807) is 0 Å². The van der Waals surface area contributed by atoms with Gasteiger partial charge in [-0.3, -0.25) is 5.32 Å². The van der Waals surface area contributed by atoms with Crippen LogP contribution in [0, 0.1) is 0 Å². The van der Waals surface area contributed by atoms with E-state index in [9.17, 15) is 4.79 Å². The second-order valence-electron chi connectivity index (χ2n) is 5.09. The summed E-state index contributed by atoms with van der Waals surface area (Å²) in [4.78, 5) is 11.9. The van der Waals surface area contributed by atoms with E-state index in [4.69, 9.17) is 9.47 Å². The summed E-state index contributed by atoms with van der Waals surface area (Å²) in [5.41, 5.74) is 2.20. The Bertz CT molecular complexity index is 424. The van der Waals surface area contributed by atoms with Crippen LogP contribution in [0.1, 0.15) is 36.9 Å². The van der Waals surface area contributed by atoms with Gasteiger partial charge in [0.25, 0.3) is 0 Å². The first-order valence-corrected chi connectivity index (χ1v) is 7.26. The minimum atomic E-state index is -0.421. The zero-order valence-corrected chi connectivity index (χ0v) is 12.2. The summed E-state index contributed by atoms with van der Waals surface area (Å²) in [7, 11) is 1.42. The van der Waals surface area contributed by atoms with Gasteiger partial charge in [0.1, 0.15) is 6.04 Å². The van der Waals surface area contributed by atoms with Crippen molar-refractivity contribution in [1.29, 1.82) is 0 Å². The van der Waals surface area contributed by atoms with Gasteiger partial charge in [-0.05, 0) is 30.4 Å². The van der Waals surface area contributed by atoms with E-state index < -0.39 is 6.04 Å². The molecule has 0 radical (unpaired) electrons. The molecule has 4 nitrogen and oxygen atoms in total. The van der Waals surface area contributed by atoms with Crippen molar-refractivity contribution in [3.05, 3.63) is 35.4 Å². The number of nitrogens with one attached hydrogen (secondary N) is 1. The number of hydrogen-bond acceptors (Lipinski definition) is 4. The predicted octanol–water partition coefficient (Wildman–Crippen LogP) is 2.23. The average molecular weight is 277 g/mol. The maximum absolute atomic E-state index is 11.9. The zero-order chi connectivity index (χ0) is 14.4. The van der Waals surface area contributed by atoms with Crippen LogP contribution in [0.2, 0.25) is 0 Å². The van der Waals surface area contributed by atoms with Gasteiger partial charge in [-0.15, -0.1) is 0 Å². The summed E-state index contributed by atoms with van der Waals surface area (Å²) < 4.78 is 10.5. The molecule has 1 aromatic rings. The van der Waals surface area contributed by atoms with Gasteiger partial charge in [0.15, 0.2) is 0 Å². The second kappa shape index (κ2) is 7.41. The van der Waals surface area contributed by atoms with Crippen LogP contribution in [0.3, 0.4) is 0 Å². The van der Waals surface area contributed by atoms with E-state index in [2.05, 4.69) is 24.4 Å². The maximum atomic E-state index is 11.9. The van der Waals surface area contributed by atoms with Crippen molar-refractivity contribution in [1.82, 2.24) is 5.32 Å². The molecule has 110 valence electrons. The fraction of sp³-hybridized carbons (Fsp3) is 0.562. The average Bonchev–Trinajstić information content (AvgIpc) is 3.01. The fourth-order valence-electron chi connectivity index (χ4n) is 2.46. The van der Waals surface area contributed by atoms with Crippen molar-refractivity contribution >= 4 is 5.97 Å². The molecule has 2 unspecified atom stereocenters. The van der Waals surface area contributed by atoms with E-state index in [0.29, 0.717) is 6.54 Å². The third-order valence-electron chi connectivity index (χ3n) is 3.73. The van der Waals surface area contributed by atoms with Gasteiger partial charge in [-0.2, -0.15) is 0 Å². The van der Waals surface area contributed by atoms with Gasteiger partial charge in [0.2, 0.25) is 0 Å². The number of methoxy groups -OCH3 is 1. The quantitative estimate of drug-likeness (QED) is 0.810. The lowest BCUT2D eigenvalue weighted by Gasteiger charge is -2.19. The van der Waals surface area contributed by atoms with Gasteiger partial charge in [-0.25, -0.2) is 4.79 Å². The smallest absolute Gasteiger partial charge is 0.327 e. The first-order chi connectivity index (χ1) is 9.74. The normalized spacial score (nSPS) is 19.8. The Balaban J connectivity index is 2.03. The summed E-state index contributed by atoms with van der Waals surface area (Å²) >= 11 is 0. The predicted molar refractivity (Wildman–Crippen MR) is 77.6 cm³/mol. The van der Waals surface area contributed by atoms with E-state index >= 15 is 0 Å². The van der Waals surface area contributed by atoms with Crippen LogP contribution in [-0.2, 0) is 20.7 Å². The van der Waals surface area contributed by atoms with Crippen LogP contribution in [0.15, 0.2) is 24.3 Å². The van der Waals surface area contributed by atoms with Gasteiger partial charge in [-0.1, -0.05) is 31.2 Å². The molecule has 1 N–H and O–H groups in total. The Morgan fingerprint density at radius 2 is 2.20 bits per heavy atom. The topological polar surface area (TPSA) is 47.6 Å². The van der Waals surface area contributed by atoms with Crippen LogP contribution >= 0.6 is 0 Å². The Hall–Kier alpha value is -1.39. The minimum Gasteiger partial charge on any atom is -0.468 e. The highest BCUT2D eigenvalue weighted by Gasteiger charge is 2.23. The molecule has 0 saturated carbocycles. The summed E-state index contributed by atoms with van der Waals surface area (Å²) in [6.45, 7) is 3.61. The monoisotopic (exact) mass is 277 g/mol. The molecule has 20 heavy (non-hydrogen) atoms. The molecular formula is C16H23NO3. The Labute approximate surface area is 120 Å². The number of carbonyl (C=O) groups is 1. The fourth-order valence-corrected chi connectivity index (χ4v) is 2.46. The number of ether oxygens (including phenoxy) is 2. The molecule has 1 aromatic carbocycles. The molecule has 1 aliphatic heterocycles. The number of aryl methyl sites for hydroxylation is 1. The second-order valence-corrected chi connectivity index (χ2v) is 5.09. The Morgan fingerprint density at radius 3 is 2.75 bits per heavy atom. The van der Waals surface area contributed by atoms with Gasteiger partial charge in [0, 0.05) is 13.2 Å². The van der Waals surface area contributed by atoms with Crippen molar-refractivity contribution in [3.63, 3.8) is 0 Å². The Kier molecular flexibility index (Phi) is 5.56. The minimum absolute atomic E-state index is 0.206. The van der Waals surface area contributed by atoms with Crippen LogP contribution in [-0.4, -0.2) is 32.3 Å². The summed E-state index contributed by atoms with van der Waals surface area (Å²) in [6, 6.07) is 7.67.